The van der Waals surface area contributed by atoms with Gasteiger partial charge in [0.25, 0.3) is 0 Å². The standard InChI is InChI=1S/C7H13NO3/c1-5(9)7(10)3-2-6(4-7)8-11/h6,8,10-11H,2-4H2,1H3/t6-,7+/m1/s1. The van der Waals surface area contributed by atoms with Crippen LogP contribution in [0.5, 0.6) is 0 Å². The molecule has 4 nitrogen and oxygen atoms in total. The van der Waals surface area contributed by atoms with Crippen LogP contribution in [0.2, 0.25) is 0 Å². The van der Waals surface area contributed by atoms with Crippen LogP contribution in [0.25, 0.3) is 0 Å². The van der Waals surface area contributed by atoms with Crippen LogP contribution in [0.3, 0.4) is 0 Å². The predicted octanol–water partition coefficient (Wildman–Crippen LogP) is -0.162. The zero-order valence-electron chi connectivity index (χ0n) is 6.50. The van der Waals surface area contributed by atoms with Gasteiger partial charge in [0.15, 0.2) is 5.78 Å². The van der Waals surface area contributed by atoms with E-state index in [2.05, 4.69) is 5.48 Å². The summed E-state index contributed by atoms with van der Waals surface area (Å²) in [4.78, 5) is 10.9. The molecule has 64 valence electrons. The number of Topliss-reactive ketones (excluding diaryl/α,β-unsaturated/α-hetero) is 1. The Balaban J connectivity index is 2.57. The Morgan fingerprint density at radius 3 is 2.64 bits per heavy atom. The van der Waals surface area contributed by atoms with Gasteiger partial charge in [-0.2, -0.15) is 0 Å². The van der Waals surface area contributed by atoms with E-state index in [9.17, 15) is 9.90 Å². The molecule has 0 heterocycles. The summed E-state index contributed by atoms with van der Waals surface area (Å²) < 4.78 is 0. The Bertz CT molecular complexity index is 171. The first-order valence-corrected chi connectivity index (χ1v) is 3.71. The topological polar surface area (TPSA) is 69.6 Å². The van der Waals surface area contributed by atoms with E-state index >= 15 is 0 Å². The summed E-state index contributed by atoms with van der Waals surface area (Å²) in [6.07, 6.45) is 1.41. The van der Waals surface area contributed by atoms with Crippen molar-refractivity contribution in [1.82, 2.24) is 5.48 Å². The molecule has 0 amide bonds. The lowest BCUT2D eigenvalue weighted by molar-refractivity contribution is -0.134. The minimum atomic E-state index is -1.19. The molecule has 1 fully saturated rings. The number of rotatable bonds is 2. The fraction of sp³-hybridized carbons (Fsp3) is 0.857. The van der Waals surface area contributed by atoms with Crippen LogP contribution in [0.4, 0.5) is 0 Å². The van der Waals surface area contributed by atoms with Gasteiger partial charge in [0, 0.05) is 12.5 Å². The van der Waals surface area contributed by atoms with Gasteiger partial charge < -0.3 is 10.3 Å². The third-order valence-electron chi connectivity index (χ3n) is 2.33. The van der Waals surface area contributed by atoms with Crippen LogP contribution in [0.15, 0.2) is 0 Å². The molecule has 0 spiro atoms. The van der Waals surface area contributed by atoms with E-state index in [1.54, 1.807) is 0 Å². The molecule has 1 aliphatic carbocycles. The monoisotopic (exact) mass is 159 g/mol. The Labute approximate surface area is 65.2 Å². The van der Waals surface area contributed by atoms with Crippen molar-refractivity contribution in [3.63, 3.8) is 0 Å². The van der Waals surface area contributed by atoms with Gasteiger partial charge in [0.2, 0.25) is 0 Å². The number of hydroxylamine groups is 1. The van der Waals surface area contributed by atoms with E-state index in [-0.39, 0.29) is 11.8 Å². The third kappa shape index (κ3) is 1.58. The number of hydrogen-bond acceptors (Lipinski definition) is 4. The molecule has 0 saturated heterocycles. The molecule has 0 aromatic rings. The maximum atomic E-state index is 10.9. The average molecular weight is 159 g/mol. The number of carbonyl (C=O) groups excluding carboxylic acids is 1. The van der Waals surface area contributed by atoms with Crippen LogP contribution in [0, 0.1) is 0 Å². The van der Waals surface area contributed by atoms with Crippen molar-refractivity contribution in [2.75, 3.05) is 0 Å². The summed E-state index contributed by atoms with van der Waals surface area (Å²) in [6.45, 7) is 1.37. The molecule has 2 atom stereocenters. The molecular weight excluding hydrogens is 146 g/mol. The second-order valence-corrected chi connectivity index (χ2v) is 3.16. The Morgan fingerprint density at radius 1 is 1.73 bits per heavy atom. The zero-order chi connectivity index (χ0) is 8.48. The number of hydrogen-bond donors (Lipinski definition) is 3. The molecule has 11 heavy (non-hydrogen) atoms. The van der Waals surface area contributed by atoms with Crippen molar-refractivity contribution >= 4 is 5.78 Å². The summed E-state index contributed by atoms with van der Waals surface area (Å²) in [5.41, 5.74) is 0.868. The highest BCUT2D eigenvalue weighted by Crippen LogP contribution is 2.30. The number of aliphatic hydroxyl groups is 1. The molecule has 1 aliphatic rings. The second kappa shape index (κ2) is 2.89. The normalized spacial score (nSPS) is 37.5. The van der Waals surface area contributed by atoms with Crippen LogP contribution < -0.4 is 5.48 Å². The summed E-state index contributed by atoms with van der Waals surface area (Å²) in [6, 6.07) is -0.135. The molecule has 0 radical (unpaired) electrons. The van der Waals surface area contributed by atoms with Gasteiger partial charge in [-0.25, -0.2) is 5.48 Å². The van der Waals surface area contributed by atoms with Gasteiger partial charge in [-0.15, -0.1) is 0 Å². The molecule has 1 rings (SSSR count). The van der Waals surface area contributed by atoms with Gasteiger partial charge in [0.05, 0.1) is 0 Å². The Kier molecular flexibility index (Phi) is 2.27. The summed E-state index contributed by atoms with van der Waals surface area (Å²) in [5, 5.41) is 18.1. The highest BCUT2D eigenvalue weighted by molar-refractivity contribution is 5.85. The van der Waals surface area contributed by atoms with Gasteiger partial charge in [-0.1, -0.05) is 0 Å². The first-order valence-electron chi connectivity index (χ1n) is 3.71. The van der Waals surface area contributed by atoms with Crippen molar-refractivity contribution in [2.45, 2.75) is 37.8 Å². The molecule has 0 bridgehead atoms. The predicted molar refractivity (Wildman–Crippen MR) is 38.2 cm³/mol. The molecule has 0 unspecified atom stereocenters. The molecule has 0 aromatic heterocycles. The lowest BCUT2D eigenvalue weighted by Gasteiger charge is -2.18. The van der Waals surface area contributed by atoms with E-state index in [4.69, 9.17) is 5.21 Å². The van der Waals surface area contributed by atoms with Crippen LogP contribution in [-0.2, 0) is 4.79 Å². The Morgan fingerprint density at radius 2 is 2.36 bits per heavy atom. The fourth-order valence-corrected chi connectivity index (χ4v) is 1.45. The van der Waals surface area contributed by atoms with Crippen molar-refractivity contribution in [3.05, 3.63) is 0 Å². The maximum Gasteiger partial charge on any atom is 0.161 e. The smallest absolute Gasteiger partial charge is 0.161 e. The van der Waals surface area contributed by atoms with Gasteiger partial charge in [-0.3, -0.25) is 4.79 Å². The SMILES string of the molecule is CC(=O)[C@]1(O)CC[C@@H](NO)C1. The van der Waals surface area contributed by atoms with Crippen molar-refractivity contribution in [2.24, 2.45) is 0 Å². The number of nitrogens with one attached hydrogen (secondary N) is 1. The molecule has 4 heteroatoms. The van der Waals surface area contributed by atoms with Crippen molar-refractivity contribution < 1.29 is 15.1 Å². The molecule has 0 aliphatic heterocycles. The van der Waals surface area contributed by atoms with Crippen molar-refractivity contribution in [3.8, 4) is 0 Å². The van der Waals surface area contributed by atoms with Gasteiger partial charge in [0.1, 0.15) is 5.60 Å². The van der Waals surface area contributed by atoms with Crippen LogP contribution in [0.1, 0.15) is 26.2 Å². The summed E-state index contributed by atoms with van der Waals surface area (Å²) in [5.74, 6) is -0.213. The summed E-state index contributed by atoms with van der Waals surface area (Å²) >= 11 is 0. The highest BCUT2D eigenvalue weighted by atomic mass is 16.5. The van der Waals surface area contributed by atoms with E-state index in [1.165, 1.54) is 6.92 Å². The molecule has 3 N–H and O–H groups in total. The highest BCUT2D eigenvalue weighted by Gasteiger charge is 2.40. The maximum absolute atomic E-state index is 10.9. The number of carbonyl (C=O) groups is 1. The van der Waals surface area contributed by atoms with E-state index in [1.807, 2.05) is 0 Å². The van der Waals surface area contributed by atoms with Gasteiger partial charge in [-0.05, 0) is 19.8 Å². The van der Waals surface area contributed by atoms with Crippen LogP contribution in [-0.4, -0.2) is 27.7 Å². The quantitative estimate of drug-likeness (QED) is 0.489. The fourth-order valence-electron chi connectivity index (χ4n) is 1.45. The molecule has 1 saturated carbocycles. The lowest BCUT2D eigenvalue weighted by Crippen LogP contribution is -2.36. The van der Waals surface area contributed by atoms with E-state index < -0.39 is 5.60 Å². The minimum Gasteiger partial charge on any atom is -0.382 e. The third-order valence-corrected chi connectivity index (χ3v) is 2.33. The number of ketones is 1. The second-order valence-electron chi connectivity index (χ2n) is 3.16. The van der Waals surface area contributed by atoms with Crippen molar-refractivity contribution in [1.29, 1.82) is 0 Å². The van der Waals surface area contributed by atoms with E-state index in [0.29, 0.717) is 19.3 Å². The largest absolute Gasteiger partial charge is 0.382 e. The zero-order valence-corrected chi connectivity index (χ0v) is 6.50. The van der Waals surface area contributed by atoms with E-state index in [0.717, 1.165) is 0 Å². The molecule has 0 aromatic carbocycles. The average Bonchev–Trinajstić information content (AvgIpc) is 2.33. The first kappa shape index (κ1) is 8.64. The first-order chi connectivity index (χ1) is 5.08. The summed E-state index contributed by atoms with van der Waals surface area (Å²) in [7, 11) is 0. The lowest BCUT2D eigenvalue weighted by atomic mass is 9.98. The van der Waals surface area contributed by atoms with Gasteiger partial charge >= 0.3 is 0 Å². The molecular formula is C7H13NO3. The van der Waals surface area contributed by atoms with Crippen LogP contribution >= 0.6 is 0 Å². The minimum absolute atomic E-state index is 0.135. The Hall–Kier alpha value is -0.450.